The Morgan fingerprint density at radius 3 is 2.35 bits per heavy atom. The molecule has 1 aromatic carbocycles. The molecular weight excluding hydrogens is 443 g/mol. The smallest absolute Gasteiger partial charge is 0.431 e. The summed E-state index contributed by atoms with van der Waals surface area (Å²) in [6.07, 6.45) is -0.821. The van der Waals surface area contributed by atoms with Crippen molar-refractivity contribution < 1.29 is 22.7 Å². The van der Waals surface area contributed by atoms with E-state index < -0.39 is 17.4 Å². The lowest BCUT2D eigenvalue weighted by Gasteiger charge is -2.52. The van der Waals surface area contributed by atoms with Crippen molar-refractivity contribution >= 4 is 5.91 Å². The van der Waals surface area contributed by atoms with E-state index in [2.05, 4.69) is 4.90 Å². The van der Waals surface area contributed by atoms with Gasteiger partial charge in [-0.15, -0.1) is 0 Å². The molecule has 0 N–H and O–H groups in total. The molecule has 34 heavy (non-hydrogen) atoms. The molecule has 2 aromatic rings. The number of alkyl halides is 3. The van der Waals surface area contributed by atoms with E-state index in [1.165, 1.54) is 10.6 Å². The average molecular weight is 476 g/mol. The predicted molar refractivity (Wildman–Crippen MR) is 123 cm³/mol. The number of carbonyl (C=O) groups is 1. The fourth-order valence-electron chi connectivity index (χ4n) is 5.82. The Bertz CT molecular complexity index is 1080. The van der Waals surface area contributed by atoms with Gasteiger partial charge in [0, 0.05) is 43.5 Å². The van der Waals surface area contributed by atoms with E-state index in [0.29, 0.717) is 50.6 Å². The molecular formula is C26H32F3N3O2. The van der Waals surface area contributed by atoms with Gasteiger partial charge in [0.15, 0.2) is 0 Å². The number of benzene rings is 1. The van der Waals surface area contributed by atoms with Crippen molar-refractivity contribution in [3.63, 3.8) is 0 Å². The Balaban J connectivity index is 1.38. The van der Waals surface area contributed by atoms with Crippen LogP contribution in [0.2, 0.25) is 0 Å². The van der Waals surface area contributed by atoms with Gasteiger partial charge in [-0.3, -0.25) is 9.69 Å². The summed E-state index contributed by atoms with van der Waals surface area (Å²) in [5.74, 6) is 0.738. The fourth-order valence-corrected chi connectivity index (χ4v) is 5.82. The van der Waals surface area contributed by atoms with E-state index in [1.54, 1.807) is 12.1 Å². The van der Waals surface area contributed by atoms with Crippen molar-refractivity contribution in [1.82, 2.24) is 14.4 Å². The number of aryl methyl sites for hydroxylation is 1. The standard InChI is InChI=1S/C26H32F3N3O2/c1-17(2)34-21-7-4-19(16-18(21)3)24(33)30-12-10-25(11-13-30)22-8-9-23(26(27,28)29)31(22)14-15-32(25)20-5-6-20/h4,7-9,16-17,20H,5-6,10-15H2,1-3H3. The van der Waals surface area contributed by atoms with Crippen LogP contribution in [0.25, 0.3) is 0 Å². The highest BCUT2D eigenvalue weighted by atomic mass is 19.4. The fraction of sp³-hybridized carbons (Fsp3) is 0.577. The molecule has 5 nitrogen and oxygen atoms in total. The Morgan fingerprint density at radius 1 is 1.06 bits per heavy atom. The summed E-state index contributed by atoms with van der Waals surface area (Å²) in [7, 11) is 0. The van der Waals surface area contributed by atoms with E-state index in [0.717, 1.165) is 29.8 Å². The molecule has 0 atom stereocenters. The molecule has 2 aliphatic heterocycles. The first-order valence-electron chi connectivity index (χ1n) is 12.2. The van der Waals surface area contributed by atoms with Crippen LogP contribution >= 0.6 is 0 Å². The first-order chi connectivity index (χ1) is 16.1. The first kappa shape index (κ1) is 23.3. The molecule has 3 heterocycles. The minimum atomic E-state index is -4.36. The molecule has 2 fully saturated rings. The van der Waals surface area contributed by atoms with Gasteiger partial charge in [0.05, 0.1) is 11.6 Å². The minimum Gasteiger partial charge on any atom is -0.491 e. The molecule has 8 heteroatoms. The molecule has 3 aliphatic rings. The predicted octanol–water partition coefficient (Wildman–Crippen LogP) is 5.21. The van der Waals surface area contributed by atoms with Gasteiger partial charge in [-0.1, -0.05) is 0 Å². The molecule has 1 spiro atoms. The second-order valence-electron chi connectivity index (χ2n) is 10.1. The maximum Gasteiger partial charge on any atom is 0.431 e. The monoisotopic (exact) mass is 475 g/mol. The zero-order valence-corrected chi connectivity index (χ0v) is 20.0. The highest BCUT2D eigenvalue weighted by molar-refractivity contribution is 5.94. The Hall–Kier alpha value is -2.48. The number of rotatable bonds is 4. The van der Waals surface area contributed by atoms with Crippen molar-refractivity contribution in [2.75, 3.05) is 19.6 Å². The van der Waals surface area contributed by atoms with Gasteiger partial charge in [0.1, 0.15) is 11.4 Å². The second-order valence-corrected chi connectivity index (χ2v) is 10.1. The summed E-state index contributed by atoms with van der Waals surface area (Å²) in [6.45, 7) is 7.90. The zero-order chi connectivity index (χ0) is 24.3. The van der Waals surface area contributed by atoms with Crippen LogP contribution in [-0.2, 0) is 18.3 Å². The summed E-state index contributed by atoms with van der Waals surface area (Å²) in [5.41, 5.74) is 1.30. The number of hydrogen-bond acceptors (Lipinski definition) is 3. The van der Waals surface area contributed by atoms with Crippen LogP contribution in [0, 0.1) is 6.92 Å². The number of amides is 1. The van der Waals surface area contributed by atoms with Gasteiger partial charge in [-0.25, -0.2) is 0 Å². The zero-order valence-electron chi connectivity index (χ0n) is 20.0. The summed E-state index contributed by atoms with van der Waals surface area (Å²) < 4.78 is 48.1. The van der Waals surface area contributed by atoms with Gasteiger partial charge >= 0.3 is 6.18 Å². The average Bonchev–Trinajstić information content (AvgIpc) is 3.51. The van der Waals surface area contributed by atoms with Gasteiger partial charge in [-0.05, 0) is 82.3 Å². The lowest BCUT2D eigenvalue weighted by molar-refractivity contribution is -0.145. The molecule has 1 aromatic heterocycles. The first-order valence-corrected chi connectivity index (χ1v) is 12.2. The molecule has 0 radical (unpaired) electrons. The van der Waals surface area contributed by atoms with Crippen LogP contribution in [0.3, 0.4) is 0 Å². The van der Waals surface area contributed by atoms with E-state index in [9.17, 15) is 18.0 Å². The highest BCUT2D eigenvalue weighted by Crippen LogP contribution is 2.48. The number of halogens is 3. The van der Waals surface area contributed by atoms with Crippen molar-refractivity contribution in [2.45, 2.75) is 76.9 Å². The molecule has 184 valence electrons. The van der Waals surface area contributed by atoms with E-state index in [-0.39, 0.29) is 12.0 Å². The van der Waals surface area contributed by atoms with Crippen LogP contribution in [-0.4, -0.2) is 52.1 Å². The molecule has 1 saturated heterocycles. The summed E-state index contributed by atoms with van der Waals surface area (Å²) in [5, 5.41) is 0. The van der Waals surface area contributed by atoms with Crippen LogP contribution < -0.4 is 4.74 Å². The van der Waals surface area contributed by atoms with Gasteiger partial charge in [0.2, 0.25) is 0 Å². The number of aromatic nitrogens is 1. The molecule has 0 bridgehead atoms. The van der Waals surface area contributed by atoms with Crippen LogP contribution in [0.4, 0.5) is 13.2 Å². The Morgan fingerprint density at radius 2 is 1.76 bits per heavy atom. The Labute approximate surface area is 198 Å². The number of carbonyl (C=O) groups excluding carboxylic acids is 1. The molecule has 0 unspecified atom stereocenters. The third-order valence-electron chi connectivity index (χ3n) is 7.51. The Kier molecular flexibility index (Phi) is 5.70. The van der Waals surface area contributed by atoms with Crippen molar-refractivity contribution in [3.8, 4) is 5.75 Å². The van der Waals surface area contributed by atoms with Gasteiger partial charge in [0.25, 0.3) is 5.91 Å². The summed E-state index contributed by atoms with van der Waals surface area (Å²) >= 11 is 0. The number of ether oxygens (including phenoxy) is 1. The third-order valence-corrected chi connectivity index (χ3v) is 7.51. The number of hydrogen-bond donors (Lipinski definition) is 0. The number of fused-ring (bicyclic) bond motifs is 2. The van der Waals surface area contributed by atoms with Crippen LogP contribution in [0.5, 0.6) is 5.75 Å². The van der Waals surface area contributed by atoms with E-state index in [1.807, 2.05) is 37.8 Å². The van der Waals surface area contributed by atoms with Crippen molar-refractivity contribution in [1.29, 1.82) is 0 Å². The quantitative estimate of drug-likeness (QED) is 0.609. The van der Waals surface area contributed by atoms with Gasteiger partial charge in [-0.2, -0.15) is 13.2 Å². The third kappa shape index (κ3) is 4.00. The van der Waals surface area contributed by atoms with E-state index >= 15 is 0 Å². The van der Waals surface area contributed by atoms with Gasteiger partial charge < -0.3 is 14.2 Å². The number of nitrogens with zero attached hydrogens (tertiary/aromatic N) is 3. The molecule has 1 saturated carbocycles. The number of likely N-dealkylation sites (tertiary alicyclic amines) is 1. The maximum atomic E-state index is 13.6. The lowest BCUT2D eigenvalue weighted by Crippen LogP contribution is -2.58. The van der Waals surface area contributed by atoms with E-state index in [4.69, 9.17) is 4.74 Å². The maximum absolute atomic E-state index is 13.6. The summed E-state index contributed by atoms with van der Waals surface area (Å²) in [6, 6.07) is 8.85. The van der Waals surface area contributed by atoms with Crippen molar-refractivity contribution in [2.24, 2.45) is 0 Å². The highest BCUT2D eigenvalue weighted by Gasteiger charge is 2.52. The molecule has 5 rings (SSSR count). The molecule has 1 aliphatic carbocycles. The topological polar surface area (TPSA) is 37.7 Å². The summed E-state index contributed by atoms with van der Waals surface area (Å²) in [4.78, 5) is 17.6. The molecule has 1 amide bonds. The normalized spacial score (nSPS) is 20.6. The lowest BCUT2D eigenvalue weighted by atomic mass is 9.80. The second kappa shape index (κ2) is 8.33. The SMILES string of the molecule is Cc1cc(C(=O)N2CCC3(CC2)c2ccc(C(F)(F)F)n2CCN3C2CC2)ccc1OC(C)C. The number of piperidine rings is 1. The minimum absolute atomic E-state index is 0.0332. The largest absolute Gasteiger partial charge is 0.491 e. The van der Waals surface area contributed by atoms with Crippen LogP contribution in [0.1, 0.15) is 66.8 Å². The van der Waals surface area contributed by atoms with Crippen molar-refractivity contribution in [3.05, 3.63) is 52.8 Å². The van der Waals surface area contributed by atoms with Crippen LogP contribution in [0.15, 0.2) is 30.3 Å².